The fourth-order valence-corrected chi connectivity index (χ4v) is 1.53. The van der Waals surface area contributed by atoms with Crippen LogP contribution in [0.25, 0.3) is 6.08 Å². The molecule has 1 aliphatic rings. The molecule has 1 aromatic carbocycles. The van der Waals surface area contributed by atoms with E-state index in [-0.39, 0.29) is 19.1 Å². The molecule has 1 heterocycles. The van der Waals surface area contributed by atoms with Gasteiger partial charge in [-0.15, -0.1) is 0 Å². The zero-order valence-corrected chi connectivity index (χ0v) is 9.17. The van der Waals surface area contributed by atoms with Crippen molar-refractivity contribution in [2.24, 2.45) is 0 Å². The van der Waals surface area contributed by atoms with Crippen LogP contribution in [-0.2, 0) is 0 Å². The summed E-state index contributed by atoms with van der Waals surface area (Å²) in [4.78, 5) is 10.4. The first kappa shape index (κ1) is 11.4. The number of aliphatic hydroxyl groups is 1. The van der Waals surface area contributed by atoms with E-state index >= 15 is 0 Å². The molecular formula is C11H11NO5. The maximum Gasteiger partial charge on any atom is 0.280 e. The van der Waals surface area contributed by atoms with Gasteiger partial charge in [0.15, 0.2) is 11.5 Å². The minimum absolute atomic E-state index is 0.0675. The number of nitrogens with zero attached hydrogens (tertiary/aromatic N) is 1. The summed E-state index contributed by atoms with van der Waals surface area (Å²) in [6.45, 7) is 1.61. The lowest BCUT2D eigenvalue weighted by molar-refractivity contribution is -0.385. The molecule has 0 amide bonds. The molecule has 0 fully saturated rings. The van der Waals surface area contributed by atoms with E-state index in [2.05, 4.69) is 0 Å². The second-order valence-corrected chi connectivity index (χ2v) is 3.67. The Morgan fingerprint density at radius 3 is 2.76 bits per heavy atom. The van der Waals surface area contributed by atoms with Gasteiger partial charge in [-0.25, -0.2) is 0 Å². The minimum Gasteiger partial charge on any atom is -0.454 e. The fourth-order valence-electron chi connectivity index (χ4n) is 1.53. The van der Waals surface area contributed by atoms with E-state index in [9.17, 15) is 10.1 Å². The van der Waals surface area contributed by atoms with E-state index in [0.717, 1.165) is 0 Å². The highest BCUT2D eigenvalue weighted by Crippen LogP contribution is 2.38. The molecule has 1 aliphatic heterocycles. The number of fused-ring (bicyclic) bond motifs is 1. The summed E-state index contributed by atoms with van der Waals surface area (Å²) in [5, 5.41) is 19.8. The third-order valence-corrected chi connectivity index (χ3v) is 2.37. The Kier molecular flexibility index (Phi) is 2.97. The zero-order chi connectivity index (χ0) is 12.4. The average molecular weight is 237 g/mol. The maximum atomic E-state index is 10.9. The number of benzene rings is 1. The Labute approximate surface area is 97.2 Å². The van der Waals surface area contributed by atoms with E-state index in [1.54, 1.807) is 19.1 Å². The molecule has 6 heteroatoms. The summed E-state index contributed by atoms with van der Waals surface area (Å²) in [6.07, 6.45) is 1.56. The second-order valence-electron chi connectivity index (χ2n) is 3.67. The van der Waals surface area contributed by atoms with Crippen LogP contribution in [0.15, 0.2) is 17.7 Å². The first-order valence-corrected chi connectivity index (χ1v) is 4.98. The van der Waals surface area contributed by atoms with Crippen molar-refractivity contribution in [3.63, 3.8) is 0 Å². The van der Waals surface area contributed by atoms with Gasteiger partial charge >= 0.3 is 0 Å². The number of nitro groups is 1. The maximum absolute atomic E-state index is 10.9. The molecule has 0 spiro atoms. The van der Waals surface area contributed by atoms with Crippen molar-refractivity contribution in [1.82, 2.24) is 0 Å². The van der Waals surface area contributed by atoms with Gasteiger partial charge in [0.1, 0.15) is 0 Å². The third-order valence-electron chi connectivity index (χ3n) is 2.37. The lowest BCUT2D eigenvalue weighted by atomic mass is 10.1. The topological polar surface area (TPSA) is 81.8 Å². The molecule has 0 radical (unpaired) electrons. The lowest BCUT2D eigenvalue weighted by Crippen LogP contribution is -1.93. The van der Waals surface area contributed by atoms with Crippen molar-refractivity contribution < 1.29 is 19.5 Å². The van der Waals surface area contributed by atoms with Gasteiger partial charge in [0.2, 0.25) is 6.79 Å². The predicted octanol–water partition coefficient (Wildman–Crippen LogP) is 1.72. The SMILES string of the molecule is CC(=Cc1cc2c(cc1[N+](=O)[O-])OCO2)CO. The largest absolute Gasteiger partial charge is 0.454 e. The van der Waals surface area contributed by atoms with Crippen LogP contribution in [0.4, 0.5) is 5.69 Å². The van der Waals surface area contributed by atoms with Crippen molar-refractivity contribution >= 4 is 11.8 Å². The molecule has 6 nitrogen and oxygen atoms in total. The van der Waals surface area contributed by atoms with Crippen molar-refractivity contribution in [3.05, 3.63) is 33.4 Å². The summed E-state index contributed by atoms with van der Waals surface area (Å²) < 4.78 is 10.2. The van der Waals surface area contributed by atoms with Crippen LogP contribution in [-0.4, -0.2) is 23.4 Å². The quantitative estimate of drug-likeness (QED) is 0.639. The molecule has 1 aromatic rings. The number of hydrogen-bond donors (Lipinski definition) is 1. The number of ether oxygens (including phenoxy) is 2. The van der Waals surface area contributed by atoms with E-state index in [1.165, 1.54) is 6.07 Å². The van der Waals surface area contributed by atoms with Crippen LogP contribution in [0.2, 0.25) is 0 Å². The van der Waals surface area contributed by atoms with Crippen molar-refractivity contribution in [2.45, 2.75) is 6.92 Å². The Balaban J connectivity index is 2.52. The van der Waals surface area contributed by atoms with Gasteiger partial charge in [-0.3, -0.25) is 10.1 Å². The van der Waals surface area contributed by atoms with E-state index in [4.69, 9.17) is 14.6 Å². The minimum atomic E-state index is -0.488. The smallest absolute Gasteiger partial charge is 0.280 e. The summed E-state index contributed by atoms with van der Waals surface area (Å²) in [7, 11) is 0. The van der Waals surface area contributed by atoms with Crippen LogP contribution in [0.1, 0.15) is 12.5 Å². The van der Waals surface area contributed by atoms with Crippen LogP contribution in [0, 0.1) is 10.1 Å². The molecule has 0 atom stereocenters. The second kappa shape index (κ2) is 4.42. The Bertz CT molecular complexity index is 495. The summed E-state index contributed by atoms with van der Waals surface area (Å²) in [5.74, 6) is 0.850. The van der Waals surface area contributed by atoms with E-state index in [1.807, 2.05) is 0 Å². The molecule has 17 heavy (non-hydrogen) atoms. The standard InChI is InChI=1S/C11H11NO5/c1-7(5-13)2-8-3-10-11(17-6-16-10)4-9(8)12(14)15/h2-4,13H,5-6H2,1H3. The average Bonchev–Trinajstić information content (AvgIpc) is 2.74. The fraction of sp³-hybridized carbons (Fsp3) is 0.273. The summed E-state index contributed by atoms with van der Waals surface area (Å²) in [5.41, 5.74) is 0.958. The lowest BCUT2D eigenvalue weighted by Gasteiger charge is -2.02. The summed E-state index contributed by atoms with van der Waals surface area (Å²) in [6, 6.07) is 2.87. The van der Waals surface area contributed by atoms with E-state index in [0.29, 0.717) is 22.6 Å². The van der Waals surface area contributed by atoms with Gasteiger partial charge in [0.05, 0.1) is 23.2 Å². The van der Waals surface area contributed by atoms with Crippen LogP contribution >= 0.6 is 0 Å². The monoisotopic (exact) mass is 237 g/mol. The van der Waals surface area contributed by atoms with Gasteiger partial charge in [-0.1, -0.05) is 0 Å². The normalized spacial score (nSPS) is 13.9. The Morgan fingerprint density at radius 1 is 1.53 bits per heavy atom. The first-order valence-electron chi connectivity index (χ1n) is 4.98. The highest BCUT2D eigenvalue weighted by Gasteiger charge is 2.22. The molecule has 0 aliphatic carbocycles. The molecule has 0 saturated heterocycles. The van der Waals surface area contributed by atoms with Crippen LogP contribution in [0.5, 0.6) is 11.5 Å². The first-order chi connectivity index (χ1) is 8.11. The number of aliphatic hydroxyl groups excluding tert-OH is 1. The molecule has 0 saturated carbocycles. The number of nitro benzene ring substituents is 1. The molecule has 0 aromatic heterocycles. The van der Waals surface area contributed by atoms with Crippen LogP contribution < -0.4 is 9.47 Å². The Hall–Kier alpha value is -2.08. The Morgan fingerprint density at radius 2 is 2.18 bits per heavy atom. The molecule has 0 unspecified atom stereocenters. The zero-order valence-electron chi connectivity index (χ0n) is 9.17. The predicted molar refractivity (Wildman–Crippen MR) is 60.0 cm³/mol. The molecule has 1 N–H and O–H groups in total. The van der Waals surface area contributed by atoms with Gasteiger partial charge in [0, 0.05) is 0 Å². The molecule has 0 bridgehead atoms. The van der Waals surface area contributed by atoms with Gasteiger partial charge in [-0.2, -0.15) is 0 Å². The van der Waals surface area contributed by atoms with Crippen molar-refractivity contribution in [1.29, 1.82) is 0 Å². The van der Waals surface area contributed by atoms with E-state index < -0.39 is 4.92 Å². The van der Waals surface area contributed by atoms with Gasteiger partial charge in [-0.05, 0) is 24.6 Å². The molecule has 2 rings (SSSR count). The highest BCUT2D eigenvalue weighted by molar-refractivity contribution is 5.68. The third kappa shape index (κ3) is 2.21. The molecule has 90 valence electrons. The highest BCUT2D eigenvalue weighted by atomic mass is 16.7. The number of hydrogen-bond acceptors (Lipinski definition) is 5. The van der Waals surface area contributed by atoms with Crippen molar-refractivity contribution in [2.75, 3.05) is 13.4 Å². The van der Waals surface area contributed by atoms with Crippen molar-refractivity contribution in [3.8, 4) is 11.5 Å². The van der Waals surface area contributed by atoms with Gasteiger partial charge in [0.25, 0.3) is 5.69 Å². The van der Waals surface area contributed by atoms with Crippen LogP contribution in [0.3, 0.4) is 0 Å². The number of rotatable bonds is 3. The van der Waals surface area contributed by atoms with Gasteiger partial charge < -0.3 is 14.6 Å². The molecular weight excluding hydrogens is 226 g/mol. The summed E-state index contributed by atoms with van der Waals surface area (Å²) >= 11 is 0.